The Kier molecular flexibility index (Phi) is 5.44. The fourth-order valence-electron chi connectivity index (χ4n) is 3.11. The maximum absolute atomic E-state index is 12.7. The summed E-state index contributed by atoms with van der Waals surface area (Å²) in [5.74, 6) is -2.51. The van der Waals surface area contributed by atoms with Gasteiger partial charge >= 0.3 is 5.97 Å². The van der Waals surface area contributed by atoms with E-state index in [2.05, 4.69) is 10.3 Å². The van der Waals surface area contributed by atoms with Crippen molar-refractivity contribution in [3.63, 3.8) is 0 Å². The topological polar surface area (TPSA) is 79.3 Å². The van der Waals surface area contributed by atoms with E-state index in [9.17, 15) is 14.7 Å². The summed E-state index contributed by atoms with van der Waals surface area (Å²) in [6.07, 6.45) is 0.872. The summed E-state index contributed by atoms with van der Waals surface area (Å²) in [6.45, 7) is 3.88. The average Bonchev–Trinajstić information content (AvgIpc) is 3.05. The molecule has 0 saturated carbocycles. The van der Waals surface area contributed by atoms with Gasteiger partial charge in [-0.15, -0.1) is 11.3 Å². The van der Waals surface area contributed by atoms with Crippen LogP contribution in [0.5, 0.6) is 0 Å². The van der Waals surface area contributed by atoms with Crippen molar-refractivity contribution in [1.29, 1.82) is 0 Å². The first-order valence-corrected chi connectivity index (χ1v) is 9.51. The molecule has 1 aliphatic carbocycles. The molecule has 0 saturated heterocycles. The highest BCUT2D eigenvalue weighted by atomic mass is 35.5. The summed E-state index contributed by atoms with van der Waals surface area (Å²) in [4.78, 5) is 28.7. The number of rotatable bonds is 4. The van der Waals surface area contributed by atoms with Gasteiger partial charge in [0.25, 0.3) is 0 Å². The largest absolute Gasteiger partial charge is 0.481 e. The van der Waals surface area contributed by atoms with Crippen molar-refractivity contribution in [2.75, 3.05) is 5.32 Å². The summed E-state index contributed by atoms with van der Waals surface area (Å²) in [5.41, 5.74) is 3.79. The van der Waals surface area contributed by atoms with E-state index in [-0.39, 0.29) is 5.91 Å². The molecule has 2 N–H and O–H groups in total. The van der Waals surface area contributed by atoms with Crippen LogP contribution >= 0.6 is 22.9 Å². The van der Waals surface area contributed by atoms with E-state index in [4.69, 9.17) is 11.6 Å². The third-order valence-electron chi connectivity index (χ3n) is 4.79. The third kappa shape index (κ3) is 3.97. The molecular weight excluding hydrogens is 372 g/mol. The van der Waals surface area contributed by atoms with Gasteiger partial charge in [-0.05, 0) is 38.8 Å². The third-order valence-corrected chi connectivity index (χ3v) is 5.80. The summed E-state index contributed by atoms with van der Waals surface area (Å²) in [6, 6.07) is 7.29. The Hall–Kier alpha value is -2.18. The number of carbonyl (C=O) groups is 2. The van der Waals surface area contributed by atoms with Crippen LogP contribution in [-0.2, 0) is 9.59 Å². The molecule has 1 aliphatic rings. The monoisotopic (exact) mass is 390 g/mol. The Morgan fingerprint density at radius 3 is 2.38 bits per heavy atom. The Morgan fingerprint density at radius 2 is 1.77 bits per heavy atom. The van der Waals surface area contributed by atoms with Crippen LogP contribution in [0.4, 0.5) is 5.13 Å². The van der Waals surface area contributed by atoms with Crippen LogP contribution in [0.2, 0.25) is 5.02 Å². The molecule has 0 spiro atoms. The molecule has 1 amide bonds. The number of halogens is 1. The van der Waals surface area contributed by atoms with Crippen LogP contribution < -0.4 is 5.32 Å². The standard InChI is InChI=1S/C19H19ClN2O3S/c1-10-7-14(15(18(24)25)8-11(10)2)17(23)22-19-21-16(9-26-19)12-3-5-13(20)6-4-12/h3-6,9,14-15H,7-8H2,1-2H3,(H,24,25)(H,21,22,23)/t14-,15-/m1/s1. The number of thiazole rings is 1. The molecule has 0 fully saturated rings. The minimum Gasteiger partial charge on any atom is -0.481 e. The number of hydrogen-bond acceptors (Lipinski definition) is 4. The molecule has 3 rings (SSSR count). The summed E-state index contributed by atoms with van der Waals surface area (Å²) in [5, 5.41) is 15.2. The normalized spacial score (nSPS) is 20.1. The second kappa shape index (κ2) is 7.60. The van der Waals surface area contributed by atoms with Gasteiger partial charge in [0.15, 0.2) is 5.13 Å². The Morgan fingerprint density at radius 1 is 1.15 bits per heavy atom. The van der Waals surface area contributed by atoms with Gasteiger partial charge in [0, 0.05) is 16.0 Å². The van der Waals surface area contributed by atoms with Crippen LogP contribution in [0.3, 0.4) is 0 Å². The quantitative estimate of drug-likeness (QED) is 0.731. The predicted molar refractivity (Wildman–Crippen MR) is 103 cm³/mol. The molecule has 2 atom stereocenters. The molecule has 0 radical (unpaired) electrons. The zero-order valence-corrected chi connectivity index (χ0v) is 16.0. The van der Waals surface area contributed by atoms with E-state index < -0.39 is 17.8 Å². The molecule has 0 bridgehead atoms. The first kappa shape index (κ1) is 18.6. The lowest BCUT2D eigenvalue weighted by atomic mass is 9.76. The number of carboxylic acids is 1. The predicted octanol–water partition coefficient (Wildman–Crippen LogP) is 4.85. The highest BCUT2D eigenvalue weighted by Gasteiger charge is 2.37. The van der Waals surface area contributed by atoms with Crippen LogP contribution in [0.25, 0.3) is 11.3 Å². The van der Waals surface area contributed by atoms with E-state index in [1.807, 2.05) is 31.4 Å². The number of amides is 1. The van der Waals surface area contributed by atoms with Gasteiger partial charge in [0.05, 0.1) is 17.5 Å². The van der Waals surface area contributed by atoms with Gasteiger partial charge in [-0.1, -0.05) is 34.9 Å². The Balaban J connectivity index is 1.75. The van der Waals surface area contributed by atoms with E-state index in [1.54, 1.807) is 12.1 Å². The first-order valence-electron chi connectivity index (χ1n) is 8.25. The lowest BCUT2D eigenvalue weighted by Crippen LogP contribution is -2.36. The van der Waals surface area contributed by atoms with E-state index in [0.29, 0.717) is 23.0 Å². The molecular formula is C19H19ClN2O3S. The van der Waals surface area contributed by atoms with Gasteiger partial charge in [0.2, 0.25) is 5.91 Å². The number of nitrogens with zero attached hydrogens (tertiary/aromatic N) is 1. The van der Waals surface area contributed by atoms with Crippen LogP contribution in [0, 0.1) is 11.8 Å². The number of anilines is 1. The second-order valence-corrected chi connectivity index (χ2v) is 7.85. The minimum absolute atomic E-state index is 0.291. The Labute approximate surface area is 160 Å². The summed E-state index contributed by atoms with van der Waals surface area (Å²) in [7, 11) is 0. The number of carboxylic acid groups (broad SMARTS) is 1. The first-order chi connectivity index (χ1) is 12.3. The lowest BCUT2D eigenvalue weighted by molar-refractivity contribution is -0.146. The van der Waals surface area contributed by atoms with Crippen LogP contribution in [-0.4, -0.2) is 22.0 Å². The number of carbonyl (C=O) groups excluding carboxylic acids is 1. The average molecular weight is 391 g/mol. The zero-order chi connectivity index (χ0) is 18.8. The van der Waals surface area contributed by atoms with Crippen LogP contribution in [0.1, 0.15) is 26.7 Å². The summed E-state index contributed by atoms with van der Waals surface area (Å²) >= 11 is 7.21. The van der Waals surface area contributed by atoms with Crippen molar-refractivity contribution in [3.05, 3.63) is 45.8 Å². The molecule has 1 heterocycles. The number of allylic oxidation sites excluding steroid dienone is 2. The number of hydrogen-bond donors (Lipinski definition) is 2. The van der Waals surface area contributed by atoms with Crippen molar-refractivity contribution in [2.45, 2.75) is 26.7 Å². The van der Waals surface area contributed by atoms with Gasteiger partial charge < -0.3 is 10.4 Å². The van der Waals surface area contributed by atoms with Gasteiger partial charge in [-0.3, -0.25) is 9.59 Å². The van der Waals surface area contributed by atoms with Crippen molar-refractivity contribution in [2.24, 2.45) is 11.8 Å². The SMILES string of the molecule is CC1=C(C)C[C@@H](C(=O)Nc2nc(-c3ccc(Cl)cc3)cs2)[C@H](C(=O)O)C1. The van der Waals surface area contributed by atoms with Crippen molar-refractivity contribution < 1.29 is 14.7 Å². The van der Waals surface area contributed by atoms with Crippen molar-refractivity contribution in [3.8, 4) is 11.3 Å². The highest BCUT2D eigenvalue weighted by molar-refractivity contribution is 7.14. The number of aromatic nitrogens is 1. The molecule has 136 valence electrons. The van der Waals surface area contributed by atoms with E-state index in [1.165, 1.54) is 11.3 Å². The van der Waals surface area contributed by atoms with E-state index in [0.717, 1.165) is 22.4 Å². The molecule has 5 nitrogen and oxygen atoms in total. The smallest absolute Gasteiger partial charge is 0.307 e. The molecule has 0 aliphatic heterocycles. The lowest BCUT2D eigenvalue weighted by Gasteiger charge is -2.29. The highest BCUT2D eigenvalue weighted by Crippen LogP contribution is 2.35. The van der Waals surface area contributed by atoms with Crippen LogP contribution in [0.15, 0.2) is 40.8 Å². The molecule has 1 aromatic carbocycles. The fraction of sp³-hybridized carbons (Fsp3) is 0.316. The maximum atomic E-state index is 12.7. The van der Waals surface area contributed by atoms with Gasteiger partial charge in [-0.25, -0.2) is 4.98 Å². The maximum Gasteiger partial charge on any atom is 0.307 e. The molecule has 1 aromatic heterocycles. The van der Waals surface area contributed by atoms with Gasteiger partial charge in [-0.2, -0.15) is 0 Å². The summed E-state index contributed by atoms with van der Waals surface area (Å²) < 4.78 is 0. The van der Waals surface area contributed by atoms with E-state index >= 15 is 0 Å². The molecule has 7 heteroatoms. The van der Waals surface area contributed by atoms with Crippen molar-refractivity contribution in [1.82, 2.24) is 4.98 Å². The zero-order valence-electron chi connectivity index (χ0n) is 14.5. The fourth-order valence-corrected chi connectivity index (χ4v) is 3.96. The Bertz CT molecular complexity index is 873. The minimum atomic E-state index is -0.932. The molecule has 0 unspecified atom stereocenters. The van der Waals surface area contributed by atoms with Crippen molar-refractivity contribution >= 4 is 39.9 Å². The molecule has 2 aromatic rings. The second-order valence-electron chi connectivity index (χ2n) is 6.55. The number of nitrogens with one attached hydrogen (secondary N) is 1. The number of aliphatic carboxylic acids is 1. The molecule has 26 heavy (non-hydrogen) atoms. The number of benzene rings is 1. The van der Waals surface area contributed by atoms with Gasteiger partial charge in [0.1, 0.15) is 0 Å².